The highest BCUT2D eigenvalue weighted by Crippen LogP contribution is 2.20. The summed E-state index contributed by atoms with van der Waals surface area (Å²) in [4.78, 5) is 17.8. The first-order chi connectivity index (χ1) is 8.66. The van der Waals surface area contributed by atoms with Crippen LogP contribution in [0.15, 0.2) is 12.4 Å². The molecule has 0 aliphatic heterocycles. The number of thiophene rings is 1. The van der Waals surface area contributed by atoms with Gasteiger partial charge >= 0.3 is 0 Å². The van der Waals surface area contributed by atoms with E-state index in [9.17, 15) is 4.79 Å². The smallest absolute Gasteiger partial charge is 0.261 e. The van der Waals surface area contributed by atoms with E-state index < -0.39 is 0 Å². The van der Waals surface area contributed by atoms with Crippen molar-refractivity contribution >= 4 is 17.2 Å². The van der Waals surface area contributed by atoms with E-state index in [1.165, 1.54) is 28.1 Å². The normalized spacial score (nSPS) is 10.6. The van der Waals surface area contributed by atoms with Gasteiger partial charge in [0.15, 0.2) is 0 Å². The number of aromatic amines is 1. The summed E-state index contributed by atoms with van der Waals surface area (Å²) in [6, 6.07) is 1.94. The van der Waals surface area contributed by atoms with Crippen LogP contribution in [0.25, 0.3) is 0 Å². The molecule has 0 fully saturated rings. The Morgan fingerprint density at radius 1 is 1.50 bits per heavy atom. The van der Waals surface area contributed by atoms with Gasteiger partial charge in [0, 0.05) is 17.8 Å². The van der Waals surface area contributed by atoms with Crippen molar-refractivity contribution in [1.82, 2.24) is 20.5 Å². The molecule has 2 aromatic rings. The first kappa shape index (κ1) is 12.8. The molecule has 0 saturated heterocycles. The Labute approximate surface area is 110 Å². The molecular weight excluding hydrogens is 248 g/mol. The highest BCUT2D eigenvalue weighted by Gasteiger charge is 2.09. The van der Waals surface area contributed by atoms with Crippen molar-refractivity contribution in [2.75, 3.05) is 6.54 Å². The van der Waals surface area contributed by atoms with Gasteiger partial charge in [-0.15, -0.1) is 11.3 Å². The van der Waals surface area contributed by atoms with E-state index in [1.54, 1.807) is 0 Å². The zero-order chi connectivity index (χ0) is 13.0. The maximum absolute atomic E-state index is 11.8. The van der Waals surface area contributed by atoms with Gasteiger partial charge < -0.3 is 5.32 Å². The molecule has 0 unspecified atom stereocenters. The summed E-state index contributed by atoms with van der Waals surface area (Å²) < 4.78 is 0. The van der Waals surface area contributed by atoms with Crippen molar-refractivity contribution in [2.45, 2.75) is 26.7 Å². The number of amides is 1. The largest absolute Gasteiger partial charge is 0.351 e. The Bertz CT molecular complexity index is 499. The maximum Gasteiger partial charge on any atom is 0.261 e. The van der Waals surface area contributed by atoms with Gasteiger partial charge in [-0.1, -0.05) is 0 Å². The molecule has 0 bridgehead atoms. The minimum Gasteiger partial charge on any atom is -0.351 e. The van der Waals surface area contributed by atoms with Crippen LogP contribution < -0.4 is 5.32 Å². The molecule has 0 aliphatic carbocycles. The lowest BCUT2D eigenvalue weighted by Crippen LogP contribution is -2.23. The molecule has 1 amide bonds. The Balaban J connectivity index is 1.75. The molecule has 0 aromatic carbocycles. The predicted molar refractivity (Wildman–Crippen MR) is 70.8 cm³/mol. The van der Waals surface area contributed by atoms with Crippen molar-refractivity contribution < 1.29 is 4.79 Å². The summed E-state index contributed by atoms with van der Waals surface area (Å²) in [7, 11) is 0. The van der Waals surface area contributed by atoms with Crippen LogP contribution in [0, 0.1) is 13.8 Å². The average Bonchev–Trinajstić information content (AvgIpc) is 2.96. The van der Waals surface area contributed by atoms with Crippen LogP contribution in [0.1, 0.15) is 32.4 Å². The second-order valence-corrected chi connectivity index (χ2v) is 5.40. The summed E-state index contributed by atoms with van der Waals surface area (Å²) in [5.41, 5.74) is 1.17. The molecule has 5 nitrogen and oxygen atoms in total. The number of aryl methyl sites for hydroxylation is 3. The summed E-state index contributed by atoms with van der Waals surface area (Å²) in [6.45, 7) is 4.70. The molecule has 96 valence electrons. The fourth-order valence-electron chi connectivity index (χ4n) is 1.58. The summed E-state index contributed by atoms with van der Waals surface area (Å²) in [5.74, 6) is 0.862. The monoisotopic (exact) mass is 264 g/mol. The lowest BCUT2D eigenvalue weighted by molar-refractivity contribution is 0.0957. The number of H-pyrrole nitrogens is 1. The molecule has 0 aliphatic rings. The molecule has 2 rings (SSSR count). The maximum atomic E-state index is 11.8. The van der Waals surface area contributed by atoms with Crippen LogP contribution in [0.4, 0.5) is 0 Å². The number of aromatic nitrogens is 3. The van der Waals surface area contributed by atoms with Gasteiger partial charge in [0.25, 0.3) is 5.91 Å². The van der Waals surface area contributed by atoms with Gasteiger partial charge in [0.05, 0.1) is 4.88 Å². The minimum absolute atomic E-state index is 0.00812. The Kier molecular flexibility index (Phi) is 4.09. The summed E-state index contributed by atoms with van der Waals surface area (Å²) >= 11 is 1.54. The third-order valence-electron chi connectivity index (χ3n) is 2.73. The molecule has 2 heterocycles. The van der Waals surface area contributed by atoms with Crippen molar-refractivity contribution in [3.63, 3.8) is 0 Å². The topological polar surface area (TPSA) is 70.7 Å². The molecule has 18 heavy (non-hydrogen) atoms. The lowest BCUT2D eigenvalue weighted by atomic mass is 10.2. The van der Waals surface area contributed by atoms with E-state index in [4.69, 9.17) is 0 Å². The Morgan fingerprint density at radius 3 is 2.94 bits per heavy atom. The minimum atomic E-state index is 0.00812. The summed E-state index contributed by atoms with van der Waals surface area (Å²) in [6.07, 6.45) is 3.14. The van der Waals surface area contributed by atoms with E-state index in [2.05, 4.69) is 20.5 Å². The van der Waals surface area contributed by atoms with E-state index in [-0.39, 0.29) is 5.91 Å². The SMILES string of the molecule is Cc1cc(C(=O)NCCCc2ncn[nH]2)sc1C. The molecule has 0 saturated carbocycles. The Morgan fingerprint density at radius 2 is 2.33 bits per heavy atom. The quantitative estimate of drug-likeness (QED) is 0.810. The standard InChI is InChI=1S/C12H16N4OS/c1-8-6-10(18-9(8)2)12(17)13-5-3-4-11-14-7-15-16-11/h6-7H,3-5H2,1-2H3,(H,13,17)(H,14,15,16). The second-order valence-electron chi connectivity index (χ2n) is 4.14. The fourth-order valence-corrected chi connectivity index (χ4v) is 2.53. The van der Waals surface area contributed by atoms with E-state index in [0.717, 1.165) is 23.5 Å². The number of nitrogens with one attached hydrogen (secondary N) is 2. The van der Waals surface area contributed by atoms with Gasteiger partial charge in [0.1, 0.15) is 12.2 Å². The van der Waals surface area contributed by atoms with Crippen LogP contribution in [0.3, 0.4) is 0 Å². The molecule has 2 aromatic heterocycles. The first-order valence-electron chi connectivity index (χ1n) is 5.86. The molecule has 0 atom stereocenters. The van der Waals surface area contributed by atoms with Crippen LogP contribution in [-0.4, -0.2) is 27.6 Å². The predicted octanol–water partition coefficient (Wildman–Crippen LogP) is 1.85. The average molecular weight is 264 g/mol. The van der Waals surface area contributed by atoms with Crippen LogP contribution in [0.2, 0.25) is 0 Å². The third kappa shape index (κ3) is 3.16. The van der Waals surface area contributed by atoms with Crippen LogP contribution >= 0.6 is 11.3 Å². The highest BCUT2D eigenvalue weighted by atomic mass is 32.1. The van der Waals surface area contributed by atoms with Crippen molar-refractivity contribution in [1.29, 1.82) is 0 Å². The van der Waals surface area contributed by atoms with Gasteiger partial charge in [-0.25, -0.2) is 4.98 Å². The van der Waals surface area contributed by atoms with E-state index >= 15 is 0 Å². The zero-order valence-electron chi connectivity index (χ0n) is 10.5. The van der Waals surface area contributed by atoms with Crippen LogP contribution in [-0.2, 0) is 6.42 Å². The van der Waals surface area contributed by atoms with Gasteiger partial charge in [-0.2, -0.15) is 5.10 Å². The summed E-state index contributed by atoms with van der Waals surface area (Å²) in [5, 5.41) is 9.48. The number of carbonyl (C=O) groups excluding carboxylic acids is 1. The van der Waals surface area contributed by atoms with E-state index in [1.807, 2.05) is 19.9 Å². The number of hydrogen-bond donors (Lipinski definition) is 2. The first-order valence-corrected chi connectivity index (χ1v) is 6.68. The third-order valence-corrected chi connectivity index (χ3v) is 3.88. The van der Waals surface area contributed by atoms with Gasteiger partial charge in [-0.3, -0.25) is 9.89 Å². The molecule has 2 N–H and O–H groups in total. The van der Waals surface area contributed by atoms with Crippen molar-refractivity contribution in [3.05, 3.63) is 33.5 Å². The molecule has 0 spiro atoms. The highest BCUT2D eigenvalue weighted by molar-refractivity contribution is 7.14. The van der Waals surface area contributed by atoms with Gasteiger partial charge in [0.2, 0.25) is 0 Å². The lowest BCUT2D eigenvalue weighted by Gasteiger charge is -2.01. The second kappa shape index (κ2) is 5.77. The fraction of sp³-hybridized carbons (Fsp3) is 0.417. The Hall–Kier alpha value is -1.69. The zero-order valence-corrected chi connectivity index (χ0v) is 11.3. The van der Waals surface area contributed by atoms with Crippen LogP contribution in [0.5, 0.6) is 0 Å². The van der Waals surface area contributed by atoms with Gasteiger partial charge in [-0.05, 0) is 31.9 Å². The molecule has 6 heteroatoms. The van der Waals surface area contributed by atoms with Crippen molar-refractivity contribution in [2.24, 2.45) is 0 Å². The number of rotatable bonds is 5. The molecule has 0 radical (unpaired) electrons. The van der Waals surface area contributed by atoms with E-state index in [0.29, 0.717) is 6.54 Å². The number of carbonyl (C=O) groups is 1. The number of hydrogen-bond acceptors (Lipinski definition) is 4. The molecular formula is C12H16N4OS. The number of nitrogens with zero attached hydrogens (tertiary/aromatic N) is 2. The van der Waals surface area contributed by atoms with Crippen molar-refractivity contribution in [3.8, 4) is 0 Å².